The van der Waals surface area contributed by atoms with E-state index in [2.05, 4.69) is 15.4 Å². The van der Waals surface area contributed by atoms with Gasteiger partial charge in [-0.1, -0.05) is 0 Å². The van der Waals surface area contributed by atoms with Crippen LogP contribution in [0.1, 0.15) is 47.6 Å². The van der Waals surface area contributed by atoms with Crippen LogP contribution < -0.4 is 10.1 Å². The molecule has 0 spiro atoms. The van der Waals surface area contributed by atoms with E-state index in [1.807, 2.05) is 0 Å². The molecule has 6 nitrogen and oxygen atoms in total. The maximum atomic E-state index is 13.1. The van der Waals surface area contributed by atoms with E-state index in [-0.39, 0.29) is 23.4 Å². The molecule has 1 heterocycles. The Bertz CT molecular complexity index is 754. The van der Waals surface area contributed by atoms with Crippen LogP contribution >= 0.6 is 0 Å². The molecule has 0 radical (unpaired) electrons. The van der Waals surface area contributed by atoms with Crippen LogP contribution in [0.4, 0.5) is 13.2 Å². The molecule has 0 bridgehead atoms. The second-order valence-electron chi connectivity index (χ2n) is 6.27. The number of nitrogens with one attached hydrogen (secondary N) is 1. The van der Waals surface area contributed by atoms with Gasteiger partial charge in [-0.15, -0.1) is 0 Å². The summed E-state index contributed by atoms with van der Waals surface area (Å²) in [5, 5.41) is 6.95. The number of carbonyl (C=O) groups is 1. The Morgan fingerprint density at radius 2 is 2.00 bits per heavy atom. The fourth-order valence-electron chi connectivity index (χ4n) is 3.23. The quantitative estimate of drug-likeness (QED) is 0.900. The highest BCUT2D eigenvalue weighted by Gasteiger charge is 2.35. The fourth-order valence-corrected chi connectivity index (χ4v) is 3.23. The summed E-state index contributed by atoms with van der Waals surface area (Å²) in [5.41, 5.74) is -0.987. The minimum absolute atomic E-state index is 0.0310. The number of ether oxygens (including phenoxy) is 1. The number of methoxy groups -OCH3 is 1. The lowest BCUT2D eigenvalue weighted by atomic mass is 9.91. The van der Waals surface area contributed by atoms with E-state index in [0.29, 0.717) is 0 Å². The fraction of sp³-hybridized carbons (Fsp3) is 0.471. The molecule has 1 saturated carbocycles. The van der Waals surface area contributed by atoms with Gasteiger partial charge in [0.25, 0.3) is 5.91 Å². The maximum absolute atomic E-state index is 13.1. The molecule has 1 N–H and O–H groups in total. The number of alkyl halides is 3. The van der Waals surface area contributed by atoms with E-state index in [0.717, 1.165) is 38.9 Å². The summed E-state index contributed by atoms with van der Waals surface area (Å²) in [6, 6.07) is 3.50. The Morgan fingerprint density at radius 3 is 2.58 bits per heavy atom. The summed E-state index contributed by atoms with van der Waals surface area (Å²) in [7, 11) is 1.16. The minimum Gasteiger partial charge on any atom is -0.496 e. The SMILES string of the molecule is COc1ccc(C(=O)NC2CCC(n3cncn3)CC2)cc1C(F)(F)F. The van der Waals surface area contributed by atoms with Crippen LogP contribution in [0.15, 0.2) is 30.9 Å². The standard InChI is InChI=1S/C17H19F3N4O2/c1-26-15-7-2-11(8-14(15)17(18,19)20)16(25)23-12-3-5-13(6-4-12)24-10-21-9-22-24/h2,7-10,12-13H,3-6H2,1H3,(H,23,25). The molecular formula is C17H19F3N4O2. The smallest absolute Gasteiger partial charge is 0.419 e. The number of benzene rings is 1. The van der Waals surface area contributed by atoms with E-state index < -0.39 is 17.6 Å². The lowest BCUT2D eigenvalue weighted by Gasteiger charge is -2.29. The number of nitrogens with zero attached hydrogens (tertiary/aromatic N) is 3. The molecular weight excluding hydrogens is 349 g/mol. The van der Waals surface area contributed by atoms with E-state index in [9.17, 15) is 18.0 Å². The van der Waals surface area contributed by atoms with Crippen molar-refractivity contribution in [3.63, 3.8) is 0 Å². The molecule has 9 heteroatoms. The first kappa shape index (κ1) is 18.2. The van der Waals surface area contributed by atoms with Gasteiger partial charge in [-0.3, -0.25) is 4.79 Å². The highest BCUT2D eigenvalue weighted by atomic mass is 19.4. The van der Waals surface area contributed by atoms with Crippen molar-refractivity contribution in [3.8, 4) is 5.75 Å². The zero-order valence-corrected chi connectivity index (χ0v) is 14.2. The number of hydrogen-bond acceptors (Lipinski definition) is 4. The van der Waals surface area contributed by atoms with Crippen LogP contribution in [0.25, 0.3) is 0 Å². The van der Waals surface area contributed by atoms with Gasteiger partial charge in [0.2, 0.25) is 0 Å². The normalized spacial score (nSPS) is 20.6. The molecule has 0 atom stereocenters. The molecule has 2 aromatic rings. The van der Waals surface area contributed by atoms with Gasteiger partial charge in [-0.25, -0.2) is 9.67 Å². The maximum Gasteiger partial charge on any atom is 0.419 e. The molecule has 1 aromatic heterocycles. The van der Waals surface area contributed by atoms with Crippen molar-refractivity contribution in [3.05, 3.63) is 42.0 Å². The van der Waals surface area contributed by atoms with Crippen molar-refractivity contribution in [1.82, 2.24) is 20.1 Å². The number of rotatable bonds is 4. The van der Waals surface area contributed by atoms with E-state index in [1.165, 1.54) is 18.5 Å². The monoisotopic (exact) mass is 368 g/mol. The molecule has 0 saturated heterocycles. The van der Waals surface area contributed by atoms with Crippen LogP contribution in [0, 0.1) is 0 Å². The van der Waals surface area contributed by atoms with Gasteiger partial charge >= 0.3 is 6.18 Å². The molecule has 26 heavy (non-hydrogen) atoms. The highest BCUT2D eigenvalue weighted by molar-refractivity contribution is 5.94. The molecule has 1 aliphatic rings. The van der Waals surface area contributed by atoms with E-state index in [4.69, 9.17) is 4.74 Å². The van der Waals surface area contributed by atoms with Gasteiger partial charge in [0, 0.05) is 11.6 Å². The first-order chi connectivity index (χ1) is 12.4. The Hall–Kier alpha value is -2.58. The van der Waals surface area contributed by atoms with Crippen molar-refractivity contribution in [1.29, 1.82) is 0 Å². The van der Waals surface area contributed by atoms with Crippen molar-refractivity contribution in [2.24, 2.45) is 0 Å². The number of amides is 1. The van der Waals surface area contributed by atoms with Gasteiger partial charge < -0.3 is 10.1 Å². The summed E-state index contributed by atoms with van der Waals surface area (Å²) >= 11 is 0. The minimum atomic E-state index is -4.59. The Morgan fingerprint density at radius 1 is 1.27 bits per heavy atom. The molecule has 140 valence electrons. The van der Waals surface area contributed by atoms with Crippen LogP contribution in [-0.2, 0) is 6.18 Å². The van der Waals surface area contributed by atoms with Gasteiger partial charge in [0.05, 0.1) is 18.7 Å². The van der Waals surface area contributed by atoms with Crippen LogP contribution in [0.2, 0.25) is 0 Å². The number of aromatic nitrogens is 3. The molecule has 3 rings (SSSR count). The largest absolute Gasteiger partial charge is 0.496 e. The third-order valence-corrected chi connectivity index (χ3v) is 4.61. The molecule has 1 aromatic carbocycles. The van der Waals surface area contributed by atoms with Crippen molar-refractivity contribution in [2.45, 2.75) is 43.9 Å². The molecule has 1 amide bonds. The summed E-state index contributed by atoms with van der Waals surface area (Å²) in [6.45, 7) is 0. The van der Waals surface area contributed by atoms with Gasteiger partial charge in [0.15, 0.2) is 0 Å². The summed E-state index contributed by atoms with van der Waals surface area (Å²) in [6.07, 6.45) is 1.68. The number of halogens is 3. The average Bonchev–Trinajstić information content (AvgIpc) is 3.15. The van der Waals surface area contributed by atoms with E-state index in [1.54, 1.807) is 11.0 Å². The van der Waals surface area contributed by atoms with Gasteiger partial charge in [-0.2, -0.15) is 18.3 Å². The first-order valence-corrected chi connectivity index (χ1v) is 8.28. The molecule has 1 aliphatic carbocycles. The first-order valence-electron chi connectivity index (χ1n) is 8.28. The second-order valence-corrected chi connectivity index (χ2v) is 6.27. The van der Waals surface area contributed by atoms with Crippen molar-refractivity contribution >= 4 is 5.91 Å². The Balaban J connectivity index is 1.64. The lowest BCUT2D eigenvalue weighted by Crippen LogP contribution is -2.38. The predicted octanol–water partition coefficient (Wildman–Crippen LogP) is 3.22. The van der Waals surface area contributed by atoms with Crippen LogP contribution in [0.5, 0.6) is 5.75 Å². The summed E-state index contributed by atoms with van der Waals surface area (Å²) < 4.78 is 45.8. The molecule has 0 aliphatic heterocycles. The summed E-state index contributed by atoms with van der Waals surface area (Å²) in [5.74, 6) is -0.815. The number of hydrogen-bond donors (Lipinski definition) is 1. The van der Waals surface area contributed by atoms with E-state index >= 15 is 0 Å². The summed E-state index contributed by atoms with van der Waals surface area (Å²) in [4.78, 5) is 16.3. The van der Waals surface area contributed by atoms with Crippen LogP contribution in [-0.4, -0.2) is 33.8 Å². The Kier molecular flexibility index (Phi) is 5.15. The van der Waals surface area contributed by atoms with Gasteiger partial charge in [0.1, 0.15) is 18.4 Å². The topological polar surface area (TPSA) is 69.0 Å². The van der Waals surface area contributed by atoms with Crippen LogP contribution in [0.3, 0.4) is 0 Å². The van der Waals surface area contributed by atoms with Gasteiger partial charge in [-0.05, 0) is 43.9 Å². The predicted molar refractivity (Wildman–Crippen MR) is 86.8 cm³/mol. The molecule has 1 fully saturated rings. The van der Waals surface area contributed by atoms with Crippen molar-refractivity contribution < 1.29 is 22.7 Å². The Labute approximate surface area is 148 Å². The molecule has 0 unspecified atom stereocenters. The zero-order chi connectivity index (χ0) is 18.7. The zero-order valence-electron chi connectivity index (χ0n) is 14.2. The third kappa shape index (κ3) is 3.97. The lowest BCUT2D eigenvalue weighted by molar-refractivity contribution is -0.138. The second kappa shape index (κ2) is 7.35. The average molecular weight is 368 g/mol. The highest BCUT2D eigenvalue weighted by Crippen LogP contribution is 2.36. The van der Waals surface area contributed by atoms with Crippen molar-refractivity contribution in [2.75, 3.05) is 7.11 Å². The number of carbonyl (C=O) groups excluding carboxylic acids is 1. The third-order valence-electron chi connectivity index (χ3n) is 4.61.